The van der Waals surface area contributed by atoms with Gasteiger partial charge in [-0.1, -0.05) is 31.2 Å². The van der Waals surface area contributed by atoms with Gasteiger partial charge in [0.2, 0.25) is 0 Å². The fraction of sp³-hybridized carbons (Fsp3) is 0.350. The van der Waals surface area contributed by atoms with Gasteiger partial charge in [0, 0.05) is 23.9 Å². The quantitative estimate of drug-likeness (QED) is 0.753. The monoisotopic (exact) mass is 341 g/mol. The molecule has 0 aliphatic carbocycles. The Bertz CT molecular complexity index is 699. The first kappa shape index (κ1) is 16.9. The lowest BCUT2D eigenvalue weighted by Crippen LogP contribution is -2.28. The minimum atomic E-state index is 0.155. The van der Waals surface area contributed by atoms with Crippen molar-refractivity contribution >= 4 is 17.7 Å². The van der Waals surface area contributed by atoms with Crippen LogP contribution in [0, 0.1) is 0 Å². The summed E-state index contributed by atoms with van der Waals surface area (Å²) in [5.41, 5.74) is 2.11. The third kappa shape index (κ3) is 3.59. The summed E-state index contributed by atoms with van der Waals surface area (Å²) < 4.78 is 5.22. The van der Waals surface area contributed by atoms with E-state index in [9.17, 15) is 4.79 Å². The highest BCUT2D eigenvalue weighted by atomic mass is 32.2. The van der Waals surface area contributed by atoms with E-state index in [4.69, 9.17) is 4.74 Å². The van der Waals surface area contributed by atoms with Crippen molar-refractivity contribution in [3.05, 3.63) is 59.7 Å². The van der Waals surface area contributed by atoms with Gasteiger partial charge in [0.15, 0.2) is 0 Å². The van der Waals surface area contributed by atoms with Crippen LogP contribution in [-0.2, 0) is 0 Å². The molecule has 2 aromatic rings. The highest BCUT2D eigenvalue weighted by molar-refractivity contribution is 7.99. The second-order valence-electron chi connectivity index (χ2n) is 5.94. The summed E-state index contributed by atoms with van der Waals surface area (Å²) in [6.45, 7) is 3.72. The van der Waals surface area contributed by atoms with Gasteiger partial charge >= 0.3 is 0 Å². The Morgan fingerprint density at radius 3 is 2.67 bits per heavy atom. The lowest BCUT2D eigenvalue weighted by molar-refractivity contribution is 0.0787. The molecule has 0 bridgehead atoms. The zero-order valence-corrected chi connectivity index (χ0v) is 15.0. The summed E-state index contributed by atoms with van der Waals surface area (Å²) in [4.78, 5) is 16.0. The van der Waals surface area contributed by atoms with Gasteiger partial charge in [0.05, 0.1) is 12.7 Å². The first-order valence-corrected chi connectivity index (χ1v) is 9.36. The molecule has 0 aromatic heterocycles. The second-order valence-corrected chi connectivity index (χ2v) is 7.24. The molecule has 1 unspecified atom stereocenters. The normalized spacial score (nSPS) is 17.1. The largest absolute Gasteiger partial charge is 0.497 e. The Labute approximate surface area is 148 Å². The van der Waals surface area contributed by atoms with Crippen LogP contribution < -0.4 is 4.74 Å². The molecule has 1 heterocycles. The molecule has 0 N–H and O–H groups in total. The van der Waals surface area contributed by atoms with Crippen LogP contribution in [0.4, 0.5) is 0 Å². The summed E-state index contributed by atoms with van der Waals surface area (Å²) in [7, 11) is 1.68. The van der Waals surface area contributed by atoms with E-state index >= 15 is 0 Å². The summed E-state index contributed by atoms with van der Waals surface area (Å²) in [5, 5.41) is 0. The first-order valence-electron chi connectivity index (χ1n) is 8.38. The number of benzene rings is 2. The SMILES string of the molecule is CCSc1ccccc1C(=O)N1CCC(c2ccc(OC)cc2)C1. The highest BCUT2D eigenvalue weighted by Gasteiger charge is 2.28. The van der Waals surface area contributed by atoms with Gasteiger partial charge in [-0.05, 0) is 42.0 Å². The summed E-state index contributed by atoms with van der Waals surface area (Å²) in [6.07, 6.45) is 1.02. The number of likely N-dealkylation sites (tertiary alicyclic amines) is 1. The van der Waals surface area contributed by atoms with Crippen LogP contribution in [0.5, 0.6) is 5.75 Å². The maximum atomic E-state index is 12.9. The molecule has 1 saturated heterocycles. The van der Waals surface area contributed by atoms with Crippen molar-refractivity contribution in [3.8, 4) is 5.75 Å². The van der Waals surface area contributed by atoms with Crippen LogP contribution >= 0.6 is 11.8 Å². The predicted molar refractivity (Wildman–Crippen MR) is 99.1 cm³/mol. The van der Waals surface area contributed by atoms with Crippen LogP contribution in [-0.4, -0.2) is 36.8 Å². The number of hydrogen-bond acceptors (Lipinski definition) is 3. The van der Waals surface area contributed by atoms with Crippen molar-refractivity contribution in [1.82, 2.24) is 4.90 Å². The number of carbonyl (C=O) groups excluding carboxylic acids is 1. The van der Waals surface area contributed by atoms with E-state index < -0.39 is 0 Å². The summed E-state index contributed by atoms with van der Waals surface area (Å²) in [5.74, 6) is 2.40. The Kier molecular flexibility index (Phi) is 5.46. The zero-order valence-electron chi connectivity index (χ0n) is 14.2. The van der Waals surface area contributed by atoms with Gasteiger partial charge in [0.1, 0.15) is 5.75 Å². The van der Waals surface area contributed by atoms with Crippen LogP contribution in [0.3, 0.4) is 0 Å². The van der Waals surface area contributed by atoms with E-state index in [1.165, 1.54) is 5.56 Å². The highest BCUT2D eigenvalue weighted by Crippen LogP contribution is 2.31. The van der Waals surface area contributed by atoms with Crippen molar-refractivity contribution in [1.29, 1.82) is 0 Å². The maximum absolute atomic E-state index is 12.9. The lowest BCUT2D eigenvalue weighted by atomic mass is 9.98. The van der Waals surface area contributed by atoms with Crippen LogP contribution in [0.25, 0.3) is 0 Å². The van der Waals surface area contributed by atoms with E-state index in [1.807, 2.05) is 41.3 Å². The molecular formula is C20H23NO2S. The predicted octanol–water partition coefficient (Wildman–Crippen LogP) is 4.44. The number of hydrogen-bond donors (Lipinski definition) is 0. The number of rotatable bonds is 5. The molecule has 1 aliphatic rings. The molecular weight excluding hydrogens is 318 g/mol. The lowest BCUT2D eigenvalue weighted by Gasteiger charge is -2.18. The summed E-state index contributed by atoms with van der Waals surface area (Å²) >= 11 is 1.73. The first-order chi connectivity index (χ1) is 11.7. The molecule has 0 radical (unpaired) electrons. The maximum Gasteiger partial charge on any atom is 0.255 e. The molecule has 126 valence electrons. The molecule has 0 saturated carbocycles. The fourth-order valence-electron chi connectivity index (χ4n) is 3.19. The van der Waals surface area contributed by atoms with Gasteiger partial charge in [-0.2, -0.15) is 0 Å². The van der Waals surface area contributed by atoms with E-state index in [2.05, 4.69) is 19.1 Å². The molecule has 3 rings (SSSR count). The topological polar surface area (TPSA) is 29.5 Å². The van der Waals surface area contributed by atoms with Crippen LogP contribution in [0.1, 0.15) is 35.2 Å². The molecule has 4 heteroatoms. The smallest absolute Gasteiger partial charge is 0.255 e. The van der Waals surface area contributed by atoms with Crippen molar-refractivity contribution in [2.24, 2.45) is 0 Å². The number of nitrogens with zero attached hydrogens (tertiary/aromatic N) is 1. The number of thioether (sulfide) groups is 1. The number of amides is 1. The van der Waals surface area contributed by atoms with E-state index in [0.717, 1.165) is 41.5 Å². The Balaban J connectivity index is 1.72. The van der Waals surface area contributed by atoms with Gasteiger partial charge < -0.3 is 9.64 Å². The minimum absolute atomic E-state index is 0.155. The molecule has 24 heavy (non-hydrogen) atoms. The van der Waals surface area contributed by atoms with Gasteiger partial charge in [0.25, 0.3) is 5.91 Å². The third-order valence-electron chi connectivity index (χ3n) is 4.48. The van der Waals surface area contributed by atoms with Crippen LogP contribution in [0.15, 0.2) is 53.4 Å². The number of carbonyl (C=O) groups is 1. The second kappa shape index (κ2) is 7.75. The van der Waals surface area contributed by atoms with Crippen molar-refractivity contribution < 1.29 is 9.53 Å². The molecule has 0 spiro atoms. The summed E-state index contributed by atoms with van der Waals surface area (Å²) in [6, 6.07) is 16.1. The van der Waals surface area contributed by atoms with Crippen molar-refractivity contribution in [3.63, 3.8) is 0 Å². The van der Waals surface area contributed by atoms with Crippen molar-refractivity contribution in [2.45, 2.75) is 24.2 Å². The van der Waals surface area contributed by atoms with Gasteiger partial charge in [-0.15, -0.1) is 11.8 Å². The molecule has 1 aliphatic heterocycles. The average molecular weight is 341 g/mol. The van der Waals surface area contributed by atoms with E-state index in [1.54, 1.807) is 18.9 Å². The van der Waals surface area contributed by atoms with Crippen LogP contribution in [0.2, 0.25) is 0 Å². The van der Waals surface area contributed by atoms with E-state index in [0.29, 0.717) is 5.92 Å². The molecule has 1 atom stereocenters. The molecule has 1 amide bonds. The van der Waals surface area contributed by atoms with Gasteiger partial charge in [-0.3, -0.25) is 4.79 Å². The number of methoxy groups -OCH3 is 1. The average Bonchev–Trinajstić information content (AvgIpc) is 3.12. The Morgan fingerprint density at radius 2 is 1.96 bits per heavy atom. The Morgan fingerprint density at radius 1 is 1.21 bits per heavy atom. The molecule has 2 aromatic carbocycles. The van der Waals surface area contributed by atoms with E-state index in [-0.39, 0.29) is 5.91 Å². The van der Waals surface area contributed by atoms with Gasteiger partial charge in [-0.25, -0.2) is 0 Å². The fourth-order valence-corrected chi connectivity index (χ4v) is 3.98. The zero-order chi connectivity index (χ0) is 16.9. The molecule has 3 nitrogen and oxygen atoms in total. The Hall–Kier alpha value is -1.94. The third-order valence-corrected chi connectivity index (χ3v) is 5.44. The van der Waals surface area contributed by atoms with Crippen molar-refractivity contribution in [2.75, 3.05) is 26.0 Å². The number of ether oxygens (including phenoxy) is 1. The minimum Gasteiger partial charge on any atom is -0.497 e. The standard InChI is InChI=1S/C20H23NO2S/c1-3-24-19-7-5-4-6-18(19)20(22)21-13-12-16(14-21)15-8-10-17(23-2)11-9-15/h4-11,16H,3,12-14H2,1-2H3. The molecule has 1 fully saturated rings.